The summed E-state index contributed by atoms with van der Waals surface area (Å²) in [5, 5.41) is 9.85. The largest absolute Gasteiger partial charge is 0.352 e. The number of aromatic amines is 1. The summed E-state index contributed by atoms with van der Waals surface area (Å²) in [7, 11) is 0. The normalized spacial score (nSPS) is 16.8. The van der Waals surface area contributed by atoms with E-state index in [4.69, 9.17) is 11.6 Å². The van der Waals surface area contributed by atoms with Gasteiger partial charge in [-0.2, -0.15) is 0 Å². The number of carbonyl (C=O) groups is 1. The van der Waals surface area contributed by atoms with Gasteiger partial charge in [-0.1, -0.05) is 23.7 Å². The van der Waals surface area contributed by atoms with E-state index in [1.165, 1.54) is 10.6 Å². The molecule has 0 aliphatic carbocycles. The van der Waals surface area contributed by atoms with Gasteiger partial charge in [0.15, 0.2) is 5.65 Å². The summed E-state index contributed by atoms with van der Waals surface area (Å²) in [6.07, 6.45) is 5.07. The minimum Gasteiger partial charge on any atom is -0.352 e. The minimum atomic E-state index is -0.230. The molecule has 7 nitrogen and oxygen atoms in total. The lowest BCUT2D eigenvalue weighted by Crippen LogP contribution is -2.38. The first-order chi connectivity index (χ1) is 14.1. The van der Waals surface area contributed by atoms with Gasteiger partial charge in [-0.15, -0.1) is 0 Å². The molecule has 1 saturated heterocycles. The number of piperidine rings is 1. The molecule has 0 saturated carbocycles. The number of halogens is 1. The fraction of sp³-hybridized carbons (Fsp3) is 0.381. The summed E-state index contributed by atoms with van der Waals surface area (Å²) in [5.41, 5.74) is 2.24. The summed E-state index contributed by atoms with van der Waals surface area (Å²) in [6, 6.07) is 9.13. The third kappa shape index (κ3) is 4.68. The lowest BCUT2D eigenvalue weighted by molar-refractivity contribution is 0.0946. The second-order valence-electron chi connectivity index (χ2n) is 7.48. The molecule has 0 bridgehead atoms. The van der Waals surface area contributed by atoms with Crippen LogP contribution in [-0.4, -0.2) is 40.1 Å². The zero-order valence-electron chi connectivity index (χ0n) is 16.1. The van der Waals surface area contributed by atoms with E-state index in [1.807, 2.05) is 24.3 Å². The topological polar surface area (TPSA) is 91.3 Å². The molecule has 3 N–H and O–H groups in total. The number of fused-ring (bicyclic) bond motifs is 1. The number of nitrogens with zero attached hydrogens (tertiary/aromatic N) is 2. The van der Waals surface area contributed by atoms with Gasteiger partial charge in [0.25, 0.3) is 11.5 Å². The molecule has 0 unspecified atom stereocenters. The van der Waals surface area contributed by atoms with Crippen molar-refractivity contribution in [1.82, 2.24) is 25.2 Å². The molecule has 1 fully saturated rings. The lowest BCUT2D eigenvalue weighted by atomic mass is 10.00. The molecule has 1 atom stereocenters. The molecule has 152 valence electrons. The second-order valence-corrected chi connectivity index (χ2v) is 7.92. The maximum atomic E-state index is 12.7. The highest BCUT2D eigenvalue weighted by Crippen LogP contribution is 2.14. The van der Waals surface area contributed by atoms with E-state index in [-0.39, 0.29) is 11.5 Å². The van der Waals surface area contributed by atoms with Crippen LogP contribution in [0.25, 0.3) is 5.65 Å². The Morgan fingerprint density at radius 3 is 3.00 bits per heavy atom. The van der Waals surface area contributed by atoms with E-state index < -0.39 is 0 Å². The van der Waals surface area contributed by atoms with Crippen LogP contribution in [0, 0.1) is 5.92 Å². The summed E-state index contributed by atoms with van der Waals surface area (Å²) in [4.78, 5) is 29.7. The van der Waals surface area contributed by atoms with Gasteiger partial charge in [-0.3, -0.25) is 14.7 Å². The SMILES string of the molecule is O=C(NC[C@H]1CCCNC1)c1c[nH]n2c(=O)cc(CCc3cccc(Cl)c3)nc12. The monoisotopic (exact) mass is 413 g/mol. The lowest BCUT2D eigenvalue weighted by Gasteiger charge is -2.22. The van der Waals surface area contributed by atoms with Gasteiger partial charge in [0, 0.05) is 29.5 Å². The van der Waals surface area contributed by atoms with Gasteiger partial charge in [-0.05, 0) is 62.4 Å². The van der Waals surface area contributed by atoms with Gasteiger partial charge in [0.2, 0.25) is 0 Å². The number of nitrogens with one attached hydrogen (secondary N) is 3. The van der Waals surface area contributed by atoms with E-state index in [0.29, 0.717) is 47.2 Å². The average molecular weight is 414 g/mol. The average Bonchev–Trinajstić information content (AvgIpc) is 3.16. The van der Waals surface area contributed by atoms with Crippen LogP contribution >= 0.6 is 11.6 Å². The molecule has 8 heteroatoms. The predicted molar refractivity (Wildman–Crippen MR) is 113 cm³/mol. The van der Waals surface area contributed by atoms with Crippen LogP contribution in [0.4, 0.5) is 0 Å². The number of benzene rings is 1. The van der Waals surface area contributed by atoms with Gasteiger partial charge >= 0.3 is 0 Å². The van der Waals surface area contributed by atoms with Crippen LogP contribution in [0.2, 0.25) is 5.02 Å². The Hall–Kier alpha value is -2.64. The number of H-pyrrole nitrogens is 1. The zero-order valence-corrected chi connectivity index (χ0v) is 16.8. The van der Waals surface area contributed by atoms with Crippen molar-refractivity contribution in [1.29, 1.82) is 0 Å². The highest BCUT2D eigenvalue weighted by Gasteiger charge is 2.18. The standard InChI is InChI=1S/C21H24ClN5O2/c22-16-5-1-3-14(9-16)6-7-17-10-19(28)27-20(26-17)18(13-25-27)21(29)24-12-15-4-2-8-23-11-15/h1,3,5,9-10,13,15,23,25H,2,4,6-8,11-12H2,(H,24,29)/t15-/m0/s1. The van der Waals surface area contributed by atoms with Crippen LogP contribution in [-0.2, 0) is 12.8 Å². The molecule has 2 aromatic heterocycles. The smallest absolute Gasteiger partial charge is 0.272 e. The molecule has 1 aromatic carbocycles. The zero-order chi connectivity index (χ0) is 20.2. The van der Waals surface area contributed by atoms with E-state index in [1.54, 1.807) is 6.20 Å². The Bertz CT molecular complexity index is 1070. The van der Waals surface area contributed by atoms with Crippen LogP contribution in [0.3, 0.4) is 0 Å². The maximum absolute atomic E-state index is 12.7. The van der Waals surface area contributed by atoms with Gasteiger partial charge in [-0.25, -0.2) is 9.50 Å². The van der Waals surface area contributed by atoms with E-state index in [9.17, 15) is 9.59 Å². The molecule has 4 rings (SSSR count). The van der Waals surface area contributed by atoms with Crippen molar-refractivity contribution in [2.75, 3.05) is 19.6 Å². The van der Waals surface area contributed by atoms with E-state index in [0.717, 1.165) is 31.5 Å². The Labute approximate surface area is 173 Å². The number of aryl methyl sites for hydroxylation is 2. The highest BCUT2D eigenvalue weighted by atomic mass is 35.5. The van der Waals surface area contributed by atoms with Gasteiger partial charge in [0.05, 0.1) is 0 Å². The fourth-order valence-corrected chi connectivity index (χ4v) is 3.93. The quantitative estimate of drug-likeness (QED) is 0.577. The third-order valence-corrected chi connectivity index (χ3v) is 5.54. The van der Waals surface area contributed by atoms with Crippen molar-refractivity contribution in [2.24, 2.45) is 5.92 Å². The first-order valence-corrected chi connectivity index (χ1v) is 10.3. The van der Waals surface area contributed by atoms with Crippen LogP contribution in [0.5, 0.6) is 0 Å². The van der Waals surface area contributed by atoms with Crippen LogP contribution < -0.4 is 16.2 Å². The summed E-state index contributed by atoms with van der Waals surface area (Å²) in [5.74, 6) is 0.218. The predicted octanol–water partition coefficient (Wildman–Crippen LogP) is 2.19. The number of hydrogen-bond donors (Lipinski definition) is 3. The van der Waals surface area contributed by atoms with Crippen molar-refractivity contribution in [3.05, 3.63) is 68.7 Å². The molecule has 3 aromatic rings. The number of carbonyl (C=O) groups excluding carboxylic acids is 1. The van der Waals surface area contributed by atoms with E-state index >= 15 is 0 Å². The Balaban J connectivity index is 1.49. The number of hydrogen-bond acceptors (Lipinski definition) is 4. The summed E-state index contributed by atoms with van der Waals surface area (Å²) < 4.78 is 1.31. The van der Waals surface area contributed by atoms with Gasteiger partial charge in [0.1, 0.15) is 5.56 Å². The van der Waals surface area contributed by atoms with Crippen LogP contribution in [0.1, 0.15) is 34.5 Å². The first kappa shape index (κ1) is 19.7. The summed E-state index contributed by atoms with van der Waals surface area (Å²) in [6.45, 7) is 2.57. The summed E-state index contributed by atoms with van der Waals surface area (Å²) >= 11 is 6.04. The van der Waals surface area contributed by atoms with Crippen LogP contribution in [0.15, 0.2) is 41.3 Å². The van der Waals surface area contributed by atoms with Crippen molar-refractivity contribution in [3.8, 4) is 0 Å². The number of rotatable bonds is 6. The Kier molecular flexibility index (Phi) is 5.97. The molecule has 1 aliphatic rings. The molecule has 3 heterocycles. The van der Waals surface area contributed by atoms with E-state index in [2.05, 4.69) is 20.7 Å². The second kappa shape index (κ2) is 8.80. The first-order valence-electron chi connectivity index (χ1n) is 9.93. The molecule has 29 heavy (non-hydrogen) atoms. The molecular formula is C21H24ClN5O2. The Morgan fingerprint density at radius 1 is 1.31 bits per heavy atom. The fourth-order valence-electron chi connectivity index (χ4n) is 3.72. The third-order valence-electron chi connectivity index (χ3n) is 5.30. The molecule has 0 radical (unpaired) electrons. The van der Waals surface area contributed by atoms with Crippen molar-refractivity contribution in [2.45, 2.75) is 25.7 Å². The van der Waals surface area contributed by atoms with Crippen molar-refractivity contribution in [3.63, 3.8) is 0 Å². The van der Waals surface area contributed by atoms with Gasteiger partial charge < -0.3 is 10.6 Å². The number of aromatic nitrogens is 3. The molecule has 0 spiro atoms. The molecule has 1 aliphatic heterocycles. The van der Waals surface area contributed by atoms with Crippen molar-refractivity contribution < 1.29 is 4.79 Å². The minimum absolute atomic E-state index is 0.215. The Morgan fingerprint density at radius 2 is 2.21 bits per heavy atom. The molecule has 1 amide bonds. The highest BCUT2D eigenvalue weighted by molar-refractivity contribution is 6.30. The molecular weight excluding hydrogens is 390 g/mol. The number of amides is 1. The van der Waals surface area contributed by atoms with Crippen molar-refractivity contribution >= 4 is 23.2 Å². The maximum Gasteiger partial charge on any atom is 0.272 e.